The van der Waals surface area contributed by atoms with Crippen molar-refractivity contribution < 1.29 is 9.53 Å². The normalized spacial score (nSPS) is 11.2. The van der Waals surface area contributed by atoms with Gasteiger partial charge in [0.1, 0.15) is 17.9 Å². The van der Waals surface area contributed by atoms with Gasteiger partial charge in [0.2, 0.25) is 5.91 Å². The van der Waals surface area contributed by atoms with Crippen LogP contribution >= 0.6 is 11.6 Å². The molecule has 7 heteroatoms. The molecule has 0 radical (unpaired) electrons. The number of aryl methyl sites for hydroxylation is 1. The van der Waals surface area contributed by atoms with Gasteiger partial charge >= 0.3 is 0 Å². The van der Waals surface area contributed by atoms with Crippen molar-refractivity contribution in [3.63, 3.8) is 0 Å². The lowest BCUT2D eigenvalue weighted by Gasteiger charge is -2.29. The zero-order valence-electron chi connectivity index (χ0n) is 19.9. The van der Waals surface area contributed by atoms with Crippen LogP contribution in [0.15, 0.2) is 49.4 Å². The molecule has 0 atom stereocenters. The summed E-state index contributed by atoms with van der Waals surface area (Å²) in [5.74, 6) is 0.650. The molecule has 0 bridgehead atoms. The van der Waals surface area contributed by atoms with Crippen molar-refractivity contribution in [1.82, 2.24) is 14.9 Å². The fraction of sp³-hybridized carbons (Fsp3) is 0.346. The predicted octanol–water partition coefficient (Wildman–Crippen LogP) is 6.12. The molecule has 0 saturated heterocycles. The lowest BCUT2D eigenvalue weighted by Crippen LogP contribution is -2.39. The van der Waals surface area contributed by atoms with Gasteiger partial charge in [0.05, 0.1) is 5.02 Å². The van der Waals surface area contributed by atoms with Gasteiger partial charge in [-0.1, -0.05) is 44.2 Å². The Labute approximate surface area is 200 Å². The van der Waals surface area contributed by atoms with E-state index < -0.39 is 0 Å². The van der Waals surface area contributed by atoms with Crippen LogP contribution in [0.5, 0.6) is 5.75 Å². The smallest absolute Gasteiger partial charge is 0.225 e. The van der Waals surface area contributed by atoms with E-state index in [1.165, 1.54) is 0 Å². The highest BCUT2D eigenvalue weighted by Gasteiger charge is 2.22. The van der Waals surface area contributed by atoms with Crippen LogP contribution in [0.25, 0.3) is 10.9 Å². The molecule has 0 spiro atoms. The SMILES string of the molecule is C=CNc1cc(C)nc2c(OCc3c(Cl)cncc3CN(C(=O)C(C)C)C(C)C)cccc12. The molecule has 0 fully saturated rings. The van der Waals surface area contributed by atoms with Gasteiger partial charge in [0.15, 0.2) is 0 Å². The first-order valence-electron chi connectivity index (χ1n) is 11.0. The van der Waals surface area contributed by atoms with Crippen molar-refractivity contribution in [2.75, 3.05) is 5.32 Å². The summed E-state index contributed by atoms with van der Waals surface area (Å²) in [4.78, 5) is 23.5. The molecule has 0 aliphatic heterocycles. The lowest BCUT2D eigenvalue weighted by molar-refractivity contribution is -0.136. The van der Waals surface area contributed by atoms with Crippen molar-refractivity contribution in [3.05, 3.63) is 71.3 Å². The van der Waals surface area contributed by atoms with Crippen molar-refractivity contribution in [2.45, 2.75) is 53.8 Å². The maximum atomic E-state index is 12.7. The first kappa shape index (κ1) is 24.5. The van der Waals surface area contributed by atoms with Crippen LogP contribution in [0.3, 0.4) is 0 Å². The number of nitrogens with one attached hydrogen (secondary N) is 1. The molecular formula is C26H31ClN4O2. The Morgan fingerprint density at radius 1 is 1.27 bits per heavy atom. The highest BCUT2D eigenvalue weighted by molar-refractivity contribution is 6.31. The third kappa shape index (κ3) is 5.63. The van der Waals surface area contributed by atoms with Gasteiger partial charge in [-0.05, 0) is 44.7 Å². The first-order chi connectivity index (χ1) is 15.7. The van der Waals surface area contributed by atoms with Gasteiger partial charge in [0.25, 0.3) is 0 Å². The number of carbonyl (C=O) groups excluding carboxylic acids is 1. The minimum atomic E-state index is -0.0948. The zero-order chi connectivity index (χ0) is 24.1. The van der Waals surface area contributed by atoms with Crippen molar-refractivity contribution in [2.24, 2.45) is 5.92 Å². The number of hydrogen-bond acceptors (Lipinski definition) is 5. The Bertz CT molecular complexity index is 1160. The largest absolute Gasteiger partial charge is 0.487 e. The summed E-state index contributed by atoms with van der Waals surface area (Å²) in [5.41, 5.74) is 4.21. The molecule has 1 aromatic carbocycles. The number of pyridine rings is 2. The molecule has 3 aromatic rings. The molecule has 33 heavy (non-hydrogen) atoms. The Morgan fingerprint density at radius 3 is 2.70 bits per heavy atom. The van der Waals surface area contributed by atoms with Crippen LogP contribution in [0.1, 0.15) is 44.5 Å². The number of halogens is 1. The molecule has 2 aromatic heterocycles. The molecule has 1 amide bonds. The van der Waals surface area contributed by atoms with Crippen molar-refractivity contribution in [1.29, 1.82) is 0 Å². The van der Waals surface area contributed by atoms with Crippen LogP contribution in [-0.4, -0.2) is 26.8 Å². The lowest BCUT2D eigenvalue weighted by atomic mass is 10.1. The van der Waals surface area contributed by atoms with Crippen LogP contribution in [-0.2, 0) is 17.9 Å². The van der Waals surface area contributed by atoms with Gasteiger partial charge in [-0.15, -0.1) is 0 Å². The summed E-state index contributed by atoms with van der Waals surface area (Å²) in [7, 11) is 0. The third-order valence-electron chi connectivity index (χ3n) is 5.40. The molecule has 0 aliphatic carbocycles. The number of rotatable bonds is 9. The number of anilines is 1. The van der Waals surface area contributed by atoms with Crippen LogP contribution < -0.4 is 10.1 Å². The third-order valence-corrected chi connectivity index (χ3v) is 5.72. The highest BCUT2D eigenvalue weighted by Crippen LogP contribution is 2.31. The summed E-state index contributed by atoms with van der Waals surface area (Å²) in [6.07, 6.45) is 5.00. The second-order valence-corrected chi connectivity index (χ2v) is 8.98. The van der Waals surface area contributed by atoms with Crippen LogP contribution in [0, 0.1) is 12.8 Å². The minimum Gasteiger partial charge on any atom is -0.487 e. The first-order valence-corrected chi connectivity index (χ1v) is 11.4. The Balaban J connectivity index is 1.93. The van der Waals surface area contributed by atoms with E-state index in [1.807, 2.05) is 63.8 Å². The summed E-state index contributed by atoms with van der Waals surface area (Å²) < 4.78 is 6.23. The Morgan fingerprint density at radius 2 is 2.03 bits per heavy atom. The quantitative estimate of drug-likeness (QED) is 0.411. The molecule has 2 heterocycles. The summed E-state index contributed by atoms with van der Waals surface area (Å²) >= 11 is 6.53. The van der Waals surface area contributed by atoms with Crippen molar-refractivity contribution >= 4 is 34.1 Å². The second-order valence-electron chi connectivity index (χ2n) is 8.57. The molecule has 0 unspecified atom stereocenters. The molecular weight excluding hydrogens is 436 g/mol. The number of aromatic nitrogens is 2. The van der Waals surface area contributed by atoms with E-state index in [-0.39, 0.29) is 24.5 Å². The number of ether oxygens (including phenoxy) is 1. The standard InChI is InChI=1S/C26H31ClN4O2/c1-7-29-23-11-18(6)30-25-20(23)9-8-10-24(25)33-15-21-19(12-28-13-22(21)27)14-31(17(4)5)26(32)16(2)3/h7-13,16-17H,1,14-15H2,2-6H3,(H,29,30). The average molecular weight is 467 g/mol. The summed E-state index contributed by atoms with van der Waals surface area (Å²) in [6.45, 7) is 14.2. The Hall–Kier alpha value is -3.12. The Kier molecular flexibility index (Phi) is 7.92. The van der Waals surface area contributed by atoms with Crippen LogP contribution in [0.2, 0.25) is 5.02 Å². The van der Waals surface area contributed by atoms with Crippen molar-refractivity contribution in [3.8, 4) is 5.75 Å². The highest BCUT2D eigenvalue weighted by atomic mass is 35.5. The van der Waals surface area contributed by atoms with Gasteiger partial charge < -0.3 is 15.0 Å². The zero-order valence-corrected chi connectivity index (χ0v) is 20.6. The fourth-order valence-corrected chi connectivity index (χ4v) is 3.91. The predicted molar refractivity (Wildman–Crippen MR) is 134 cm³/mol. The molecule has 0 aliphatic rings. The van der Waals surface area contributed by atoms with Gasteiger partial charge in [-0.25, -0.2) is 4.98 Å². The number of nitrogens with zero attached hydrogens (tertiary/aromatic N) is 3. The maximum Gasteiger partial charge on any atom is 0.225 e. The van der Waals surface area contributed by atoms with Gasteiger partial charge in [-0.3, -0.25) is 9.78 Å². The van der Waals surface area contributed by atoms with E-state index in [0.717, 1.165) is 33.4 Å². The number of carbonyl (C=O) groups is 1. The van der Waals surface area contributed by atoms with E-state index in [0.29, 0.717) is 17.3 Å². The number of hydrogen-bond donors (Lipinski definition) is 1. The summed E-state index contributed by atoms with van der Waals surface area (Å²) in [5, 5.41) is 4.61. The number of benzene rings is 1. The summed E-state index contributed by atoms with van der Waals surface area (Å²) in [6, 6.07) is 7.83. The second kappa shape index (κ2) is 10.7. The molecule has 6 nitrogen and oxygen atoms in total. The molecule has 3 rings (SSSR count). The monoisotopic (exact) mass is 466 g/mol. The minimum absolute atomic E-state index is 0.0497. The van der Waals surface area contributed by atoms with Crippen LogP contribution in [0.4, 0.5) is 5.69 Å². The maximum absolute atomic E-state index is 12.7. The van der Waals surface area contributed by atoms with E-state index in [4.69, 9.17) is 21.3 Å². The van der Waals surface area contributed by atoms with Gasteiger partial charge in [-0.2, -0.15) is 0 Å². The number of amides is 1. The van der Waals surface area contributed by atoms with E-state index in [2.05, 4.69) is 16.9 Å². The van der Waals surface area contributed by atoms with Gasteiger partial charge in [0, 0.05) is 53.2 Å². The van der Waals surface area contributed by atoms with E-state index in [9.17, 15) is 4.79 Å². The molecule has 1 N–H and O–H groups in total. The number of fused-ring (bicyclic) bond motifs is 1. The fourth-order valence-electron chi connectivity index (χ4n) is 3.68. The number of para-hydroxylation sites is 1. The molecule has 174 valence electrons. The van der Waals surface area contributed by atoms with E-state index >= 15 is 0 Å². The van der Waals surface area contributed by atoms with E-state index in [1.54, 1.807) is 18.6 Å². The average Bonchev–Trinajstić information content (AvgIpc) is 2.76. The molecule has 0 saturated carbocycles. The topological polar surface area (TPSA) is 67.4 Å².